The van der Waals surface area contributed by atoms with Crippen LogP contribution in [0.2, 0.25) is 5.02 Å². The van der Waals surface area contributed by atoms with Crippen LogP contribution in [0.4, 0.5) is 0 Å². The van der Waals surface area contributed by atoms with E-state index in [0.29, 0.717) is 10.5 Å². The van der Waals surface area contributed by atoms with Gasteiger partial charge in [0.15, 0.2) is 0 Å². The summed E-state index contributed by atoms with van der Waals surface area (Å²) in [7, 11) is 0. The fourth-order valence-corrected chi connectivity index (χ4v) is 3.21. The fraction of sp³-hybridized carbons (Fsp3) is 0.476. The Morgan fingerprint density at radius 1 is 1.08 bits per heavy atom. The molecule has 1 heterocycles. The molecule has 2 nitrogen and oxygen atoms in total. The molecule has 0 aliphatic rings. The van der Waals surface area contributed by atoms with Gasteiger partial charge in [-0.1, -0.05) is 75.6 Å². The van der Waals surface area contributed by atoms with E-state index in [-0.39, 0.29) is 5.75 Å². The molecule has 2 rings (SSSR count). The average Bonchev–Trinajstić information content (AvgIpc) is 2.60. The van der Waals surface area contributed by atoms with Gasteiger partial charge in [-0.05, 0) is 31.0 Å². The van der Waals surface area contributed by atoms with Crippen molar-refractivity contribution in [3.63, 3.8) is 0 Å². The number of rotatable bonds is 10. The number of hydrogen-bond acceptors (Lipinski definition) is 2. The maximum absolute atomic E-state index is 10.3. The van der Waals surface area contributed by atoms with Gasteiger partial charge in [0.25, 0.3) is 0 Å². The van der Waals surface area contributed by atoms with E-state index in [0.717, 1.165) is 17.4 Å². The van der Waals surface area contributed by atoms with Crippen LogP contribution in [0, 0.1) is 0 Å². The second-order valence-electron chi connectivity index (χ2n) is 6.36. The monoisotopic (exact) mass is 345 g/mol. The second kappa shape index (κ2) is 10.4. The molecule has 0 saturated heterocycles. The molecule has 0 radical (unpaired) electrons. The van der Waals surface area contributed by atoms with Crippen LogP contribution in [0.15, 0.2) is 30.5 Å². The predicted octanol–water partition coefficient (Wildman–Crippen LogP) is 7.14. The van der Waals surface area contributed by atoms with Crippen molar-refractivity contribution in [1.29, 1.82) is 0 Å². The van der Waals surface area contributed by atoms with Crippen LogP contribution >= 0.6 is 11.6 Å². The van der Waals surface area contributed by atoms with Gasteiger partial charge in [-0.2, -0.15) is 0 Å². The summed E-state index contributed by atoms with van der Waals surface area (Å²) in [5.41, 5.74) is 1.31. The van der Waals surface area contributed by atoms with Crippen molar-refractivity contribution in [2.24, 2.45) is 0 Å². The Bertz CT molecular complexity index is 666. The first-order chi connectivity index (χ1) is 11.7. The van der Waals surface area contributed by atoms with Gasteiger partial charge in [0.2, 0.25) is 0 Å². The van der Waals surface area contributed by atoms with E-state index in [1.54, 1.807) is 6.20 Å². The van der Waals surface area contributed by atoms with Crippen LogP contribution in [0.5, 0.6) is 5.75 Å². The lowest BCUT2D eigenvalue weighted by Crippen LogP contribution is -1.84. The molecule has 0 saturated carbocycles. The summed E-state index contributed by atoms with van der Waals surface area (Å²) in [6.45, 7) is 2.25. The van der Waals surface area contributed by atoms with Crippen LogP contribution in [0.25, 0.3) is 17.0 Å². The van der Waals surface area contributed by atoms with E-state index < -0.39 is 0 Å². The third-order valence-electron chi connectivity index (χ3n) is 4.37. The molecule has 130 valence electrons. The van der Waals surface area contributed by atoms with Crippen molar-refractivity contribution >= 4 is 28.6 Å². The maximum Gasteiger partial charge on any atom is 0.149 e. The minimum atomic E-state index is 0.210. The number of hydrogen-bond donors (Lipinski definition) is 1. The molecule has 0 atom stereocenters. The summed E-state index contributed by atoms with van der Waals surface area (Å²) in [6.07, 6.45) is 17.4. The van der Waals surface area contributed by atoms with Crippen molar-refractivity contribution in [3.05, 3.63) is 41.1 Å². The highest BCUT2D eigenvalue weighted by Gasteiger charge is 2.09. The molecule has 1 aromatic carbocycles. The molecule has 0 spiro atoms. The van der Waals surface area contributed by atoms with Gasteiger partial charge < -0.3 is 5.11 Å². The molecule has 1 N–H and O–H groups in total. The third-order valence-corrected chi connectivity index (χ3v) is 4.68. The van der Waals surface area contributed by atoms with Gasteiger partial charge in [-0.25, -0.2) is 0 Å². The van der Waals surface area contributed by atoms with Crippen molar-refractivity contribution in [1.82, 2.24) is 4.98 Å². The third kappa shape index (κ3) is 5.52. The zero-order valence-electron chi connectivity index (χ0n) is 14.6. The van der Waals surface area contributed by atoms with Gasteiger partial charge >= 0.3 is 0 Å². The topological polar surface area (TPSA) is 33.1 Å². The minimum Gasteiger partial charge on any atom is -0.505 e. The van der Waals surface area contributed by atoms with E-state index in [9.17, 15) is 5.11 Å². The minimum absolute atomic E-state index is 0.210. The van der Waals surface area contributed by atoms with Gasteiger partial charge in [0.1, 0.15) is 11.3 Å². The van der Waals surface area contributed by atoms with Gasteiger partial charge in [-0.15, -0.1) is 0 Å². The van der Waals surface area contributed by atoms with Crippen LogP contribution in [-0.4, -0.2) is 10.1 Å². The zero-order valence-corrected chi connectivity index (χ0v) is 15.4. The molecule has 0 aliphatic carbocycles. The lowest BCUT2D eigenvalue weighted by Gasteiger charge is -2.06. The average molecular weight is 346 g/mol. The number of phenolic OH excluding ortho intramolecular Hbond substituents is 1. The van der Waals surface area contributed by atoms with E-state index >= 15 is 0 Å². The SMILES string of the molecule is CCCCCCCCCC/C=C/c1cc(Cl)c2cccnc2c1O. The van der Waals surface area contributed by atoms with Crippen molar-refractivity contribution in [2.45, 2.75) is 64.7 Å². The molecule has 0 amide bonds. The molecule has 2 aromatic rings. The molecule has 0 bridgehead atoms. The number of halogens is 1. The molecule has 0 fully saturated rings. The summed E-state index contributed by atoms with van der Waals surface area (Å²) in [5, 5.41) is 11.8. The number of benzene rings is 1. The number of pyridine rings is 1. The summed E-state index contributed by atoms with van der Waals surface area (Å²) >= 11 is 6.28. The van der Waals surface area contributed by atoms with Crippen molar-refractivity contribution in [2.75, 3.05) is 0 Å². The van der Waals surface area contributed by atoms with E-state index in [1.807, 2.05) is 24.3 Å². The summed E-state index contributed by atoms with van der Waals surface area (Å²) < 4.78 is 0. The van der Waals surface area contributed by atoms with E-state index in [4.69, 9.17) is 11.6 Å². The molecule has 1 aromatic heterocycles. The molecule has 24 heavy (non-hydrogen) atoms. The van der Waals surface area contributed by atoms with Gasteiger partial charge in [-0.3, -0.25) is 4.98 Å². The fourth-order valence-electron chi connectivity index (χ4n) is 2.94. The van der Waals surface area contributed by atoms with Gasteiger partial charge in [0.05, 0.1) is 5.02 Å². The lowest BCUT2D eigenvalue weighted by molar-refractivity contribution is 0.479. The first kappa shape index (κ1) is 18.8. The van der Waals surface area contributed by atoms with Crippen LogP contribution in [0.1, 0.15) is 70.3 Å². The van der Waals surface area contributed by atoms with E-state index in [2.05, 4.69) is 18.0 Å². The highest BCUT2D eigenvalue weighted by Crippen LogP contribution is 2.33. The first-order valence-corrected chi connectivity index (χ1v) is 9.54. The molecular weight excluding hydrogens is 318 g/mol. The molecule has 3 heteroatoms. The van der Waals surface area contributed by atoms with Crippen molar-refractivity contribution < 1.29 is 5.11 Å². The Kier molecular flexibility index (Phi) is 8.11. The Balaban J connectivity index is 1.78. The molecule has 0 unspecified atom stereocenters. The van der Waals surface area contributed by atoms with Crippen LogP contribution < -0.4 is 0 Å². The lowest BCUT2D eigenvalue weighted by atomic mass is 10.1. The molecular formula is C21H28ClNO. The first-order valence-electron chi connectivity index (χ1n) is 9.16. The van der Waals surface area contributed by atoms with Gasteiger partial charge in [0, 0.05) is 17.1 Å². The number of allylic oxidation sites excluding steroid dienone is 1. The maximum atomic E-state index is 10.3. The number of nitrogens with zero attached hydrogens (tertiary/aromatic N) is 1. The van der Waals surface area contributed by atoms with E-state index in [1.165, 1.54) is 51.4 Å². The second-order valence-corrected chi connectivity index (χ2v) is 6.77. The van der Waals surface area contributed by atoms with Crippen LogP contribution in [0.3, 0.4) is 0 Å². The number of unbranched alkanes of at least 4 members (excludes halogenated alkanes) is 8. The van der Waals surface area contributed by atoms with Crippen LogP contribution in [-0.2, 0) is 0 Å². The Morgan fingerprint density at radius 3 is 2.54 bits per heavy atom. The zero-order chi connectivity index (χ0) is 17.2. The Hall–Kier alpha value is -1.54. The highest BCUT2D eigenvalue weighted by atomic mass is 35.5. The summed E-state index contributed by atoms with van der Waals surface area (Å²) in [6, 6.07) is 5.51. The number of fused-ring (bicyclic) bond motifs is 1. The largest absolute Gasteiger partial charge is 0.505 e. The smallest absolute Gasteiger partial charge is 0.149 e. The summed E-state index contributed by atoms with van der Waals surface area (Å²) in [5.74, 6) is 0.210. The normalized spacial score (nSPS) is 11.6. The predicted molar refractivity (Wildman–Crippen MR) is 105 cm³/mol. The quantitative estimate of drug-likeness (QED) is 0.464. The number of aromatic nitrogens is 1. The summed E-state index contributed by atoms with van der Waals surface area (Å²) in [4.78, 5) is 4.23. The number of aromatic hydroxyl groups is 1. The molecule has 0 aliphatic heterocycles. The Labute approximate surface area is 150 Å². The highest BCUT2D eigenvalue weighted by molar-refractivity contribution is 6.35. The van der Waals surface area contributed by atoms with Crippen molar-refractivity contribution in [3.8, 4) is 5.75 Å². The Morgan fingerprint density at radius 2 is 1.79 bits per heavy atom. The number of phenols is 1. The standard InChI is InChI=1S/C21H28ClNO/c1-2-3-4-5-6-7-8-9-10-11-13-17-16-19(22)18-14-12-15-23-20(18)21(17)24/h11-16,24H,2-10H2,1H3/b13-11+.